The van der Waals surface area contributed by atoms with Crippen LogP contribution >= 0.6 is 0 Å². The molecule has 7 nitrogen and oxygen atoms in total. The highest BCUT2D eigenvalue weighted by atomic mass is 16.6. The van der Waals surface area contributed by atoms with Gasteiger partial charge >= 0.3 is 11.7 Å². The number of carboxylic acid groups (broad SMARTS) is 1. The average molecular weight is 248 g/mol. The van der Waals surface area contributed by atoms with E-state index in [9.17, 15) is 14.9 Å². The third-order valence-electron chi connectivity index (χ3n) is 2.07. The fourth-order valence-electron chi connectivity index (χ4n) is 1.37. The summed E-state index contributed by atoms with van der Waals surface area (Å²) in [5.41, 5.74) is -0.414. The van der Waals surface area contributed by atoms with Crippen LogP contribution in [0.1, 0.15) is 11.1 Å². The summed E-state index contributed by atoms with van der Waals surface area (Å²) in [5.74, 6) is -1.33. The van der Waals surface area contributed by atoms with Gasteiger partial charge in [0.1, 0.15) is 11.6 Å². The van der Waals surface area contributed by atoms with Crippen molar-refractivity contribution in [2.24, 2.45) is 0 Å². The van der Waals surface area contributed by atoms with Gasteiger partial charge in [-0.05, 0) is 18.2 Å². The minimum atomic E-state index is -1.19. The van der Waals surface area contributed by atoms with Gasteiger partial charge in [-0.2, -0.15) is 5.26 Å². The van der Waals surface area contributed by atoms with Gasteiger partial charge in [-0.1, -0.05) is 0 Å². The summed E-state index contributed by atoms with van der Waals surface area (Å²) in [6.45, 7) is 0. The first-order valence-electron chi connectivity index (χ1n) is 4.67. The highest BCUT2D eigenvalue weighted by Gasteiger charge is 2.23. The lowest BCUT2D eigenvalue weighted by molar-refractivity contribution is -0.386. The normalized spacial score (nSPS) is 10.0. The smallest absolute Gasteiger partial charge is 0.329 e. The van der Waals surface area contributed by atoms with E-state index in [0.717, 1.165) is 12.2 Å². The number of carboxylic acids is 1. The molecule has 18 heavy (non-hydrogen) atoms. The van der Waals surface area contributed by atoms with Crippen LogP contribution in [0.3, 0.4) is 0 Å². The van der Waals surface area contributed by atoms with Crippen LogP contribution in [-0.2, 0) is 4.79 Å². The Morgan fingerprint density at radius 1 is 1.61 bits per heavy atom. The molecule has 0 fully saturated rings. The fraction of sp³-hybridized carbons (Fsp3) is 0.0909. The van der Waals surface area contributed by atoms with Gasteiger partial charge in [0.15, 0.2) is 0 Å². The SMILES string of the molecule is COc1c(/C=C/C(=O)O)ccc(C#N)c1[N+](=O)[O-]. The van der Waals surface area contributed by atoms with Crippen LogP contribution in [0, 0.1) is 21.4 Å². The van der Waals surface area contributed by atoms with Crippen molar-refractivity contribution in [1.29, 1.82) is 5.26 Å². The molecule has 1 aromatic carbocycles. The topological polar surface area (TPSA) is 113 Å². The molecule has 7 heteroatoms. The summed E-state index contributed by atoms with van der Waals surface area (Å²) in [5, 5.41) is 28.2. The summed E-state index contributed by atoms with van der Waals surface area (Å²) < 4.78 is 4.88. The molecule has 0 bridgehead atoms. The van der Waals surface area contributed by atoms with E-state index in [-0.39, 0.29) is 16.9 Å². The Hall–Kier alpha value is -2.88. The van der Waals surface area contributed by atoms with Crippen LogP contribution in [0.5, 0.6) is 5.75 Å². The fourth-order valence-corrected chi connectivity index (χ4v) is 1.37. The molecule has 0 aromatic heterocycles. The van der Waals surface area contributed by atoms with Crippen molar-refractivity contribution < 1.29 is 19.6 Å². The highest BCUT2D eigenvalue weighted by molar-refractivity contribution is 5.86. The summed E-state index contributed by atoms with van der Waals surface area (Å²) in [6.07, 6.45) is 1.99. The van der Waals surface area contributed by atoms with Gasteiger partial charge in [0, 0.05) is 11.6 Å². The second kappa shape index (κ2) is 5.45. The van der Waals surface area contributed by atoms with Crippen molar-refractivity contribution in [3.8, 4) is 11.8 Å². The zero-order chi connectivity index (χ0) is 13.7. The monoisotopic (exact) mass is 248 g/mol. The van der Waals surface area contributed by atoms with E-state index < -0.39 is 16.6 Å². The summed E-state index contributed by atoms with van der Waals surface area (Å²) >= 11 is 0. The second-order valence-corrected chi connectivity index (χ2v) is 3.12. The van der Waals surface area contributed by atoms with Crippen molar-refractivity contribution in [3.63, 3.8) is 0 Å². The van der Waals surface area contributed by atoms with E-state index >= 15 is 0 Å². The first-order chi connectivity index (χ1) is 8.51. The van der Waals surface area contributed by atoms with Gasteiger partial charge in [0.2, 0.25) is 5.75 Å². The number of aliphatic carboxylic acids is 1. The van der Waals surface area contributed by atoms with E-state index in [4.69, 9.17) is 15.1 Å². The molecule has 92 valence electrons. The molecule has 0 unspecified atom stereocenters. The number of nitrogens with zero attached hydrogens (tertiary/aromatic N) is 2. The number of hydrogen-bond acceptors (Lipinski definition) is 5. The maximum Gasteiger partial charge on any atom is 0.329 e. The molecule has 0 atom stereocenters. The summed E-state index contributed by atoms with van der Waals surface area (Å²) in [6, 6.07) is 4.30. The molecule has 0 amide bonds. The lowest BCUT2D eigenvalue weighted by Crippen LogP contribution is -1.99. The molecule has 0 aliphatic heterocycles. The quantitative estimate of drug-likeness (QED) is 0.491. The number of hydrogen-bond donors (Lipinski definition) is 1. The predicted octanol–water partition coefficient (Wildman–Crippen LogP) is 1.57. The number of nitriles is 1. The first kappa shape index (κ1) is 13.2. The Balaban J connectivity index is 3.48. The number of nitro groups is 1. The van der Waals surface area contributed by atoms with Gasteiger partial charge in [0.05, 0.1) is 12.0 Å². The van der Waals surface area contributed by atoms with Gasteiger partial charge in [-0.15, -0.1) is 0 Å². The molecular weight excluding hydrogens is 240 g/mol. The van der Waals surface area contributed by atoms with Crippen molar-refractivity contribution >= 4 is 17.7 Å². The molecule has 0 aliphatic rings. The van der Waals surface area contributed by atoms with Crippen molar-refractivity contribution in [2.75, 3.05) is 7.11 Å². The molecule has 1 N–H and O–H groups in total. The number of benzene rings is 1. The molecule has 0 saturated carbocycles. The molecule has 0 aliphatic carbocycles. The Labute approximate surface area is 102 Å². The Kier molecular flexibility index (Phi) is 3.99. The standard InChI is InChI=1S/C11H8N2O5/c1-18-11-7(4-5-9(14)15)2-3-8(6-12)10(11)13(16)17/h2-5H,1H3,(H,14,15)/b5-4+. The zero-order valence-corrected chi connectivity index (χ0v) is 9.28. The van der Waals surface area contributed by atoms with Gasteiger partial charge in [-0.25, -0.2) is 4.79 Å². The van der Waals surface area contributed by atoms with Crippen LogP contribution in [0.4, 0.5) is 5.69 Å². The Morgan fingerprint density at radius 2 is 2.28 bits per heavy atom. The number of nitro benzene ring substituents is 1. The summed E-state index contributed by atoms with van der Waals surface area (Å²) in [7, 11) is 1.21. The predicted molar refractivity (Wildman–Crippen MR) is 61.0 cm³/mol. The molecule has 1 aromatic rings. The lowest BCUT2D eigenvalue weighted by atomic mass is 10.1. The summed E-state index contributed by atoms with van der Waals surface area (Å²) in [4.78, 5) is 20.5. The number of methoxy groups -OCH3 is 1. The Morgan fingerprint density at radius 3 is 2.72 bits per heavy atom. The van der Waals surface area contributed by atoms with Gasteiger partial charge in [0.25, 0.3) is 0 Å². The number of carbonyl (C=O) groups is 1. The lowest BCUT2D eigenvalue weighted by Gasteiger charge is -2.06. The second-order valence-electron chi connectivity index (χ2n) is 3.12. The molecule has 0 saturated heterocycles. The first-order valence-corrected chi connectivity index (χ1v) is 4.67. The molecule has 0 radical (unpaired) electrons. The van der Waals surface area contributed by atoms with E-state index in [0.29, 0.717) is 0 Å². The van der Waals surface area contributed by atoms with E-state index in [1.807, 2.05) is 0 Å². The van der Waals surface area contributed by atoms with Crippen molar-refractivity contribution in [3.05, 3.63) is 39.4 Å². The van der Waals surface area contributed by atoms with Crippen LogP contribution < -0.4 is 4.74 Å². The largest absolute Gasteiger partial charge is 0.490 e. The molecule has 1 rings (SSSR count). The van der Waals surface area contributed by atoms with Gasteiger partial charge in [-0.3, -0.25) is 10.1 Å². The average Bonchev–Trinajstić information content (AvgIpc) is 2.34. The maximum atomic E-state index is 10.9. The third kappa shape index (κ3) is 2.62. The van der Waals surface area contributed by atoms with E-state index in [1.54, 1.807) is 6.07 Å². The highest BCUT2D eigenvalue weighted by Crippen LogP contribution is 2.34. The van der Waals surface area contributed by atoms with Crippen LogP contribution in [-0.4, -0.2) is 23.1 Å². The number of rotatable bonds is 4. The van der Waals surface area contributed by atoms with Crippen molar-refractivity contribution in [1.82, 2.24) is 0 Å². The van der Waals surface area contributed by atoms with Crippen LogP contribution in [0.2, 0.25) is 0 Å². The number of ether oxygens (including phenoxy) is 1. The minimum Gasteiger partial charge on any atom is -0.490 e. The van der Waals surface area contributed by atoms with Crippen LogP contribution in [0.15, 0.2) is 18.2 Å². The molecule has 0 spiro atoms. The van der Waals surface area contributed by atoms with E-state index in [2.05, 4.69) is 0 Å². The molecule has 0 heterocycles. The minimum absolute atomic E-state index is 0.142. The van der Waals surface area contributed by atoms with E-state index in [1.165, 1.54) is 19.2 Å². The molecular formula is C11H8N2O5. The van der Waals surface area contributed by atoms with Gasteiger partial charge < -0.3 is 9.84 Å². The van der Waals surface area contributed by atoms with Crippen LogP contribution in [0.25, 0.3) is 6.08 Å². The Bertz CT molecular complexity index is 572. The maximum absolute atomic E-state index is 10.9. The third-order valence-corrected chi connectivity index (χ3v) is 2.07. The van der Waals surface area contributed by atoms with Crippen molar-refractivity contribution in [2.45, 2.75) is 0 Å². The zero-order valence-electron chi connectivity index (χ0n) is 9.28.